The van der Waals surface area contributed by atoms with Crippen molar-refractivity contribution in [3.05, 3.63) is 112 Å². The number of rotatable bonds is 8. The predicted molar refractivity (Wildman–Crippen MR) is 169 cm³/mol. The third-order valence-electron chi connectivity index (χ3n) is 6.63. The average molecular weight is 641 g/mol. The number of benzene rings is 3. The summed E-state index contributed by atoms with van der Waals surface area (Å²) in [5, 5.41) is 14.0. The summed E-state index contributed by atoms with van der Waals surface area (Å²) in [5.74, 6) is 0.673. The lowest BCUT2D eigenvalue weighted by Crippen LogP contribution is -2.27. The first-order chi connectivity index (χ1) is 20.6. The van der Waals surface area contributed by atoms with Gasteiger partial charge >= 0.3 is 0 Å². The van der Waals surface area contributed by atoms with E-state index in [9.17, 15) is 9.90 Å². The van der Waals surface area contributed by atoms with Crippen molar-refractivity contribution < 1.29 is 19.0 Å². The van der Waals surface area contributed by atoms with Crippen LogP contribution in [0.2, 0.25) is 0 Å². The van der Waals surface area contributed by atoms with Crippen LogP contribution < -0.4 is 20.2 Å². The molecule has 6 aromatic rings. The second kappa shape index (κ2) is 11.5. The first-order valence-corrected chi connectivity index (χ1v) is 14.2. The molecule has 216 valence electrons. The van der Waals surface area contributed by atoms with Crippen LogP contribution in [0.4, 0.5) is 15.9 Å². The molecule has 8 nitrogen and oxygen atoms in total. The highest BCUT2D eigenvalue weighted by molar-refractivity contribution is 9.10. The van der Waals surface area contributed by atoms with Crippen LogP contribution in [0, 0.1) is 5.82 Å². The van der Waals surface area contributed by atoms with E-state index in [2.05, 4.69) is 36.2 Å². The highest BCUT2D eigenvalue weighted by Crippen LogP contribution is 2.34. The molecule has 3 aromatic heterocycles. The molecule has 0 aliphatic rings. The molecule has 0 atom stereocenters. The van der Waals surface area contributed by atoms with E-state index in [4.69, 9.17) is 9.47 Å². The molecule has 0 radical (unpaired) electrons. The predicted octanol–water partition coefficient (Wildman–Crippen LogP) is 7.73. The molecule has 0 saturated heterocycles. The largest absolute Gasteiger partial charge is 0.491 e. The SMILES string of the molecule is CC(C)(O)COc1ccc2c(Oc3ccc(Nc4nccc5[nH]cc(-c6ccc(Br)cc6)c(=O)c45)cc3F)ccnc2c1. The molecular formula is C33H26BrFN4O4. The van der Waals surface area contributed by atoms with Crippen molar-refractivity contribution in [1.29, 1.82) is 0 Å². The van der Waals surface area contributed by atoms with E-state index in [1.54, 1.807) is 68.8 Å². The summed E-state index contributed by atoms with van der Waals surface area (Å²) < 4.78 is 27.8. The number of hydrogen-bond donors (Lipinski definition) is 3. The number of aromatic amines is 1. The lowest BCUT2D eigenvalue weighted by molar-refractivity contribution is 0.0285. The van der Waals surface area contributed by atoms with Gasteiger partial charge in [-0.15, -0.1) is 0 Å². The van der Waals surface area contributed by atoms with Crippen molar-refractivity contribution in [3.63, 3.8) is 0 Å². The molecule has 3 aromatic carbocycles. The minimum Gasteiger partial charge on any atom is -0.491 e. The number of halogens is 2. The van der Waals surface area contributed by atoms with Gasteiger partial charge in [0.2, 0.25) is 5.43 Å². The maximum Gasteiger partial charge on any atom is 0.200 e. The monoisotopic (exact) mass is 640 g/mol. The summed E-state index contributed by atoms with van der Waals surface area (Å²) in [7, 11) is 0. The summed E-state index contributed by atoms with van der Waals surface area (Å²) in [5.41, 5.74) is 1.66. The maximum atomic E-state index is 15.3. The fourth-order valence-corrected chi connectivity index (χ4v) is 4.82. The Morgan fingerprint density at radius 2 is 1.77 bits per heavy atom. The summed E-state index contributed by atoms with van der Waals surface area (Å²) >= 11 is 3.42. The second-order valence-corrected chi connectivity index (χ2v) is 11.5. The number of nitrogens with zero attached hydrogens (tertiary/aromatic N) is 2. The summed E-state index contributed by atoms with van der Waals surface area (Å²) in [6, 6.07) is 20.5. The molecule has 10 heteroatoms. The third kappa shape index (κ3) is 6.20. The maximum absolute atomic E-state index is 15.3. The van der Waals surface area contributed by atoms with Crippen molar-refractivity contribution in [2.75, 3.05) is 11.9 Å². The van der Waals surface area contributed by atoms with E-state index in [1.165, 1.54) is 12.1 Å². The molecule has 0 amide bonds. The Bertz CT molecular complexity index is 2020. The molecule has 0 aliphatic heterocycles. The Hall–Kier alpha value is -4.80. The Balaban J connectivity index is 1.26. The minimum atomic E-state index is -0.978. The van der Waals surface area contributed by atoms with Crippen molar-refractivity contribution in [3.8, 4) is 28.4 Å². The number of H-pyrrole nitrogens is 1. The minimum absolute atomic E-state index is 0.0154. The van der Waals surface area contributed by atoms with Gasteiger partial charge < -0.3 is 24.9 Å². The molecule has 0 aliphatic carbocycles. The fraction of sp³-hybridized carbons (Fsp3) is 0.121. The number of anilines is 2. The summed E-state index contributed by atoms with van der Waals surface area (Å²) in [4.78, 5) is 25.4. The molecular weight excluding hydrogens is 615 g/mol. The number of aromatic nitrogens is 3. The Morgan fingerprint density at radius 1 is 0.977 bits per heavy atom. The average Bonchev–Trinajstić information content (AvgIpc) is 2.98. The number of ether oxygens (including phenoxy) is 2. The van der Waals surface area contributed by atoms with E-state index >= 15 is 4.39 Å². The third-order valence-corrected chi connectivity index (χ3v) is 7.16. The van der Waals surface area contributed by atoms with Gasteiger partial charge in [-0.3, -0.25) is 9.78 Å². The van der Waals surface area contributed by atoms with Crippen LogP contribution in [0.5, 0.6) is 17.2 Å². The van der Waals surface area contributed by atoms with Crippen LogP contribution in [-0.2, 0) is 0 Å². The van der Waals surface area contributed by atoms with Crippen molar-refractivity contribution >= 4 is 49.2 Å². The molecule has 0 fully saturated rings. The summed E-state index contributed by atoms with van der Waals surface area (Å²) in [6.07, 6.45) is 4.82. The Kier molecular flexibility index (Phi) is 7.55. The molecule has 3 N–H and O–H groups in total. The van der Waals surface area contributed by atoms with Crippen LogP contribution in [0.15, 0.2) is 101 Å². The van der Waals surface area contributed by atoms with Gasteiger partial charge in [0.25, 0.3) is 0 Å². The Labute approximate surface area is 254 Å². The zero-order chi connectivity index (χ0) is 30.1. The molecule has 0 unspecified atom stereocenters. The van der Waals surface area contributed by atoms with Crippen LogP contribution in [0.25, 0.3) is 32.9 Å². The number of aliphatic hydroxyl groups is 1. The van der Waals surface area contributed by atoms with Gasteiger partial charge in [0.05, 0.1) is 22.0 Å². The quantitative estimate of drug-likeness (QED) is 0.156. The lowest BCUT2D eigenvalue weighted by atomic mass is 10.1. The van der Waals surface area contributed by atoms with Gasteiger partial charge in [-0.05, 0) is 67.9 Å². The smallest absolute Gasteiger partial charge is 0.200 e. The molecule has 0 bridgehead atoms. The molecule has 0 saturated carbocycles. The normalized spacial score (nSPS) is 11.6. The van der Waals surface area contributed by atoms with Crippen molar-refractivity contribution in [2.45, 2.75) is 19.4 Å². The van der Waals surface area contributed by atoms with Crippen LogP contribution in [-0.4, -0.2) is 32.3 Å². The first kappa shape index (κ1) is 28.3. The van der Waals surface area contributed by atoms with Gasteiger partial charge in [-0.1, -0.05) is 28.1 Å². The topological polar surface area (TPSA) is 109 Å². The van der Waals surface area contributed by atoms with E-state index in [-0.39, 0.29) is 17.8 Å². The molecule has 3 heterocycles. The second-order valence-electron chi connectivity index (χ2n) is 10.6. The van der Waals surface area contributed by atoms with E-state index in [1.807, 2.05) is 24.3 Å². The Morgan fingerprint density at radius 3 is 2.53 bits per heavy atom. The van der Waals surface area contributed by atoms with Crippen LogP contribution >= 0.6 is 15.9 Å². The highest BCUT2D eigenvalue weighted by Gasteiger charge is 2.16. The molecule has 43 heavy (non-hydrogen) atoms. The van der Waals surface area contributed by atoms with Crippen LogP contribution in [0.1, 0.15) is 13.8 Å². The van der Waals surface area contributed by atoms with Gasteiger partial charge in [0.1, 0.15) is 23.9 Å². The van der Waals surface area contributed by atoms with E-state index < -0.39 is 11.4 Å². The lowest BCUT2D eigenvalue weighted by Gasteiger charge is -2.18. The van der Waals surface area contributed by atoms with Crippen LogP contribution in [0.3, 0.4) is 0 Å². The molecule has 6 rings (SSSR count). The highest BCUT2D eigenvalue weighted by atomic mass is 79.9. The van der Waals surface area contributed by atoms with Gasteiger partial charge in [0, 0.05) is 51.8 Å². The number of nitrogens with one attached hydrogen (secondary N) is 2. The number of fused-ring (bicyclic) bond motifs is 2. The van der Waals surface area contributed by atoms with Gasteiger partial charge in [-0.2, -0.15) is 0 Å². The van der Waals surface area contributed by atoms with Crippen molar-refractivity contribution in [1.82, 2.24) is 15.0 Å². The standard InChI is InChI=1S/C33H26BrFN4O4/c1-33(2,41)18-42-22-8-9-23-27(16-22)36-14-12-28(23)43-29-10-7-21(15-25(29)35)39-32-30-26(11-13-37-32)38-17-24(31(30)40)19-3-5-20(34)6-4-19/h3-17,41H,18H2,1-2H3,(H,37,39)(H,38,40). The molecule has 0 spiro atoms. The van der Waals surface area contributed by atoms with E-state index in [0.29, 0.717) is 50.4 Å². The number of pyridine rings is 3. The summed E-state index contributed by atoms with van der Waals surface area (Å²) in [6.45, 7) is 3.44. The zero-order valence-electron chi connectivity index (χ0n) is 23.2. The first-order valence-electron chi connectivity index (χ1n) is 13.4. The zero-order valence-corrected chi connectivity index (χ0v) is 24.8. The van der Waals surface area contributed by atoms with E-state index in [0.717, 1.165) is 10.0 Å². The fourth-order valence-electron chi connectivity index (χ4n) is 4.56. The number of hydrogen-bond acceptors (Lipinski definition) is 7. The van der Waals surface area contributed by atoms with Crippen molar-refractivity contribution in [2.24, 2.45) is 0 Å². The van der Waals surface area contributed by atoms with Gasteiger partial charge in [0.15, 0.2) is 11.6 Å². The van der Waals surface area contributed by atoms with Gasteiger partial charge in [-0.25, -0.2) is 9.37 Å².